The second kappa shape index (κ2) is 2.72. The number of hydrogen-bond acceptors (Lipinski definition) is 1. The van der Waals surface area contributed by atoms with Crippen molar-refractivity contribution in [3.63, 3.8) is 0 Å². The summed E-state index contributed by atoms with van der Waals surface area (Å²) in [6.07, 6.45) is 6.93. The van der Waals surface area contributed by atoms with Crippen molar-refractivity contribution in [1.29, 1.82) is 0 Å². The summed E-state index contributed by atoms with van der Waals surface area (Å²) in [7, 11) is 0. The van der Waals surface area contributed by atoms with Crippen LogP contribution in [0.4, 0.5) is 0 Å². The van der Waals surface area contributed by atoms with Crippen molar-refractivity contribution in [2.24, 2.45) is 11.8 Å². The molecule has 1 saturated heterocycles. The molecule has 0 amide bonds. The first kappa shape index (κ1) is 6.38. The van der Waals surface area contributed by atoms with Crippen molar-refractivity contribution in [3.05, 3.63) is 12.2 Å². The molecule has 2 nitrogen and oxygen atoms in total. The Balaban J connectivity index is 2.01. The van der Waals surface area contributed by atoms with E-state index in [0.29, 0.717) is 0 Å². The van der Waals surface area contributed by atoms with Crippen LogP contribution in [-0.2, 0) is 4.84 Å². The second-order valence-electron chi connectivity index (χ2n) is 3.07. The van der Waals surface area contributed by atoms with Gasteiger partial charge in [0.2, 0.25) is 0 Å². The predicted octanol–water partition coefficient (Wildman–Crippen LogP) is 1.12. The van der Waals surface area contributed by atoms with Gasteiger partial charge in [0.25, 0.3) is 0 Å². The zero-order valence-electron chi connectivity index (χ0n) is 5.99. The molecule has 0 saturated carbocycles. The highest BCUT2D eigenvalue weighted by Crippen LogP contribution is 2.27. The zero-order chi connectivity index (χ0) is 6.81. The monoisotopic (exact) mass is 138 g/mol. The molecule has 0 aromatic carbocycles. The minimum Gasteiger partial charge on any atom is -0.282 e. The van der Waals surface area contributed by atoms with Gasteiger partial charge in [0, 0.05) is 6.54 Å². The zero-order valence-corrected chi connectivity index (χ0v) is 5.99. The molecule has 0 aromatic heterocycles. The van der Waals surface area contributed by atoms with E-state index in [-0.39, 0.29) is 0 Å². The number of rotatable bonds is 0. The maximum atomic E-state index is 5.03. The Morgan fingerprint density at radius 2 is 2.00 bits per heavy atom. The van der Waals surface area contributed by atoms with E-state index >= 15 is 0 Å². The Morgan fingerprint density at radius 3 is 2.80 bits per heavy atom. The Bertz CT molecular complexity index is 128. The number of fused-ring (bicyclic) bond motifs is 1. The van der Waals surface area contributed by atoms with Crippen LogP contribution in [0.1, 0.15) is 12.8 Å². The molecule has 1 aliphatic carbocycles. The summed E-state index contributed by atoms with van der Waals surface area (Å²) in [5.74, 6) is 1.53. The fraction of sp³-hybridized carbons (Fsp3) is 0.750. The molecule has 1 radical (unpaired) electrons. The molecule has 2 unspecified atom stereocenters. The van der Waals surface area contributed by atoms with Crippen LogP contribution >= 0.6 is 0 Å². The molecule has 0 N–H and O–H groups in total. The van der Waals surface area contributed by atoms with Crippen molar-refractivity contribution >= 4 is 0 Å². The fourth-order valence-corrected chi connectivity index (χ4v) is 1.65. The predicted molar refractivity (Wildman–Crippen MR) is 38.3 cm³/mol. The van der Waals surface area contributed by atoms with Crippen molar-refractivity contribution < 1.29 is 4.84 Å². The van der Waals surface area contributed by atoms with Crippen LogP contribution in [0.5, 0.6) is 0 Å². The van der Waals surface area contributed by atoms with E-state index in [1.165, 1.54) is 12.8 Å². The first-order valence-electron chi connectivity index (χ1n) is 3.90. The Labute approximate surface area is 61.2 Å². The highest BCUT2D eigenvalue weighted by molar-refractivity contribution is 4.95. The molecule has 0 bridgehead atoms. The highest BCUT2D eigenvalue weighted by atomic mass is 16.6. The molecule has 0 spiro atoms. The van der Waals surface area contributed by atoms with Crippen LogP contribution in [0.2, 0.25) is 0 Å². The third kappa shape index (κ3) is 1.09. The molecule has 2 aliphatic rings. The Hall–Kier alpha value is -0.340. The van der Waals surface area contributed by atoms with Gasteiger partial charge in [-0.25, -0.2) is 0 Å². The van der Waals surface area contributed by atoms with Crippen molar-refractivity contribution in [2.75, 3.05) is 13.2 Å². The summed E-state index contributed by atoms with van der Waals surface area (Å²) in [6.45, 7) is 1.75. The topological polar surface area (TPSA) is 23.3 Å². The van der Waals surface area contributed by atoms with E-state index in [1.54, 1.807) is 0 Å². The summed E-state index contributed by atoms with van der Waals surface area (Å²) in [4.78, 5) is 5.03. The van der Waals surface area contributed by atoms with Gasteiger partial charge in [0.1, 0.15) is 0 Å². The van der Waals surface area contributed by atoms with Crippen molar-refractivity contribution in [1.82, 2.24) is 5.48 Å². The molecular weight excluding hydrogens is 126 g/mol. The highest BCUT2D eigenvalue weighted by Gasteiger charge is 2.26. The third-order valence-electron chi connectivity index (χ3n) is 2.40. The summed E-state index contributed by atoms with van der Waals surface area (Å²) >= 11 is 0. The van der Waals surface area contributed by atoms with Gasteiger partial charge in [-0.1, -0.05) is 17.6 Å². The van der Waals surface area contributed by atoms with Crippen LogP contribution in [0.3, 0.4) is 0 Å². The lowest BCUT2D eigenvalue weighted by atomic mass is 9.83. The second-order valence-corrected chi connectivity index (χ2v) is 3.07. The van der Waals surface area contributed by atoms with Gasteiger partial charge in [0.15, 0.2) is 0 Å². The van der Waals surface area contributed by atoms with Crippen LogP contribution in [0, 0.1) is 11.8 Å². The smallest absolute Gasteiger partial charge is 0.0737 e. The fourth-order valence-electron chi connectivity index (χ4n) is 1.65. The number of hydroxylamine groups is 1. The first-order chi connectivity index (χ1) is 4.97. The van der Waals surface area contributed by atoms with E-state index in [0.717, 1.165) is 25.0 Å². The van der Waals surface area contributed by atoms with Crippen LogP contribution < -0.4 is 5.48 Å². The van der Waals surface area contributed by atoms with Gasteiger partial charge >= 0.3 is 0 Å². The molecule has 1 heterocycles. The first-order valence-corrected chi connectivity index (χ1v) is 3.90. The molecule has 1 fully saturated rings. The molecule has 1 aliphatic heterocycles. The van der Waals surface area contributed by atoms with Gasteiger partial charge in [-0.3, -0.25) is 4.84 Å². The number of allylic oxidation sites excluding steroid dienone is 2. The van der Waals surface area contributed by atoms with E-state index in [1.807, 2.05) is 0 Å². The number of hydrogen-bond donors (Lipinski definition) is 0. The van der Waals surface area contributed by atoms with Crippen LogP contribution in [0.15, 0.2) is 12.2 Å². The van der Waals surface area contributed by atoms with Gasteiger partial charge in [-0.15, -0.1) is 0 Å². The summed E-state index contributed by atoms with van der Waals surface area (Å²) < 4.78 is 0. The lowest BCUT2D eigenvalue weighted by molar-refractivity contribution is -0.0541. The quantitative estimate of drug-likeness (QED) is 0.460. The average molecular weight is 138 g/mol. The van der Waals surface area contributed by atoms with Gasteiger partial charge < -0.3 is 0 Å². The molecule has 2 rings (SSSR count). The van der Waals surface area contributed by atoms with E-state index in [9.17, 15) is 0 Å². The Morgan fingerprint density at radius 1 is 1.20 bits per heavy atom. The SMILES string of the molecule is C1=CCC2CO[N]CC2C1. The lowest BCUT2D eigenvalue weighted by Crippen LogP contribution is -2.35. The molecule has 2 heteroatoms. The summed E-state index contributed by atoms with van der Waals surface area (Å²) in [6, 6.07) is 0. The molecule has 0 aromatic rings. The minimum absolute atomic E-state index is 0.752. The maximum absolute atomic E-state index is 5.03. The van der Waals surface area contributed by atoms with E-state index in [4.69, 9.17) is 4.84 Å². The largest absolute Gasteiger partial charge is 0.282 e. The third-order valence-corrected chi connectivity index (χ3v) is 2.40. The van der Waals surface area contributed by atoms with Gasteiger partial charge in [-0.2, -0.15) is 0 Å². The molecular formula is C8H12NO. The van der Waals surface area contributed by atoms with Crippen LogP contribution in [-0.4, -0.2) is 13.2 Å². The molecule has 2 atom stereocenters. The lowest BCUT2D eigenvalue weighted by Gasteiger charge is -2.31. The maximum Gasteiger partial charge on any atom is 0.0737 e. The van der Waals surface area contributed by atoms with Gasteiger partial charge in [-0.05, 0) is 24.7 Å². The Kier molecular flexibility index (Phi) is 1.74. The van der Waals surface area contributed by atoms with E-state index in [2.05, 4.69) is 17.6 Å². The average Bonchev–Trinajstić information content (AvgIpc) is 2.05. The van der Waals surface area contributed by atoms with Crippen molar-refractivity contribution in [3.8, 4) is 0 Å². The summed E-state index contributed by atoms with van der Waals surface area (Å²) in [5, 5.41) is 0. The molecule has 55 valence electrons. The summed E-state index contributed by atoms with van der Waals surface area (Å²) in [5.41, 5.74) is 3.93. The van der Waals surface area contributed by atoms with Crippen molar-refractivity contribution in [2.45, 2.75) is 12.8 Å². The number of nitrogens with zero attached hydrogens (tertiary/aromatic N) is 1. The van der Waals surface area contributed by atoms with E-state index < -0.39 is 0 Å². The van der Waals surface area contributed by atoms with Gasteiger partial charge in [0.05, 0.1) is 6.61 Å². The normalized spacial score (nSPS) is 39.2. The standard InChI is InChI=1S/C8H12NO/c1-2-4-8-6-10-9-5-7(8)3-1/h1-2,7-8H,3-6H2. The van der Waals surface area contributed by atoms with Crippen LogP contribution in [0.25, 0.3) is 0 Å². The minimum atomic E-state index is 0.752. The molecule has 10 heavy (non-hydrogen) atoms.